The Morgan fingerprint density at radius 2 is 1.89 bits per heavy atom. The minimum absolute atomic E-state index is 0.156. The first-order valence-corrected chi connectivity index (χ1v) is 8.03. The second-order valence-electron chi connectivity index (χ2n) is 4.55. The lowest BCUT2D eigenvalue weighted by molar-refractivity contribution is 0.287. The third-order valence-electron chi connectivity index (χ3n) is 3.15. The fourth-order valence-electron chi connectivity index (χ4n) is 2.06. The van der Waals surface area contributed by atoms with Gasteiger partial charge in [0.15, 0.2) is 9.84 Å². The normalized spacial score (nSPS) is 18.6. The van der Waals surface area contributed by atoms with Crippen molar-refractivity contribution in [2.24, 2.45) is 0 Å². The van der Waals surface area contributed by atoms with Gasteiger partial charge >= 0.3 is 0 Å². The highest BCUT2D eigenvalue weighted by atomic mass is 32.2. The lowest BCUT2D eigenvalue weighted by atomic mass is 10.1. The summed E-state index contributed by atoms with van der Waals surface area (Å²) < 4.78 is 22.8. The summed E-state index contributed by atoms with van der Waals surface area (Å²) in [5.74, 6) is 6.04. The molecule has 0 radical (unpaired) electrons. The molecule has 5 heteroatoms. The minimum atomic E-state index is -2.83. The Hall–Kier alpha value is -1.35. The molecule has 0 saturated carbocycles. The third-order valence-corrected chi connectivity index (χ3v) is 4.76. The number of rotatable bonds is 2. The first kappa shape index (κ1) is 14.1. The van der Waals surface area contributed by atoms with Crippen LogP contribution in [0.3, 0.4) is 0 Å². The van der Waals surface area contributed by atoms with Crippen LogP contribution in [0.25, 0.3) is 0 Å². The van der Waals surface area contributed by atoms with Crippen LogP contribution in [-0.4, -0.2) is 49.6 Å². The van der Waals surface area contributed by atoms with E-state index in [0.717, 1.165) is 11.1 Å². The van der Waals surface area contributed by atoms with Crippen LogP contribution in [0.1, 0.15) is 11.1 Å². The van der Waals surface area contributed by atoms with Crippen molar-refractivity contribution >= 4 is 9.84 Å². The minimum Gasteiger partial charge on any atom is -0.384 e. The first-order chi connectivity index (χ1) is 9.11. The van der Waals surface area contributed by atoms with Gasteiger partial charge in [-0.15, -0.1) is 0 Å². The third kappa shape index (κ3) is 4.06. The molecule has 1 fully saturated rings. The van der Waals surface area contributed by atoms with Crippen molar-refractivity contribution < 1.29 is 13.5 Å². The fraction of sp³-hybridized carbons (Fsp3) is 0.429. The molecule has 0 bridgehead atoms. The Bertz CT molecular complexity index is 585. The maximum absolute atomic E-state index is 11.4. The van der Waals surface area contributed by atoms with Crippen LogP contribution in [0.2, 0.25) is 0 Å². The molecule has 0 spiro atoms. The van der Waals surface area contributed by atoms with E-state index in [9.17, 15) is 8.42 Å². The van der Waals surface area contributed by atoms with E-state index >= 15 is 0 Å². The lowest BCUT2D eigenvalue weighted by Crippen LogP contribution is -2.39. The van der Waals surface area contributed by atoms with Gasteiger partial charge in [0.05, 0.1) is 11.5 Å². The summed E-state index contributed by atoms with van der Waals surface area (Å²) in [5.41, 5.74) is 1.97. The van der Waals surface area contributed by atoms with E-state index in [1.165, 1.54) is 0 Å². The molecule has 0 aromatic heterocycles. The van der Waals surface area contributed by atoms with Crippen molar-refractivity contribution in [2.45, 2.75) is 6.54 Å². The summed E-state index contributed by atoms with van der Waals surface area (Å²) in [6.07, 6.45) is 0. The second-order valence-corrected chi connectivity index (χ2v) is 6.85. The molecule has 2 rings (SSSR count). The number of aliphatic hydroxyl groups is 1. The van der Waals surface area contributed by atoms with E-state index in [1.807, 2.05) is 24.3 Å². The zero-order valence-electron chi connectivity index (χ0n) is 10.7. The summed E-state index contributed by atoms with van der Waals surface area (Å²) in [5, 5.41) is 8.75. The van der Waals surface area contributed by atoms with Gasteiger partial charge in [-0.1, -0.05) is 30.0 Å². The topological polar surface area (TPSA) is 57.6 Å². The van der Waals surface area contributed by atoms with Gasteiger partial charge in [-0.3, -0.25) is 4.90 Å². The summed E-state index contributed by atoms with van der Waals surface area (Å²) in [4.78, 5) is 2.13. The van der Waals surface area contributed by atoms with E-state index < -0.39 is 9.84 Å². The predicted molar refractivity (Wildman–Crippen MR) is 74.3 cm³/mol. The first-order valence-electron chi connectivity index (χ1n) is 6.21. The van der Waals surface area contributed by atoms with Crippen LogP contribution in [0.4, 0.5) is 0 Å². The maximum Gasteiger partial charge on any atom is 0.152 e. The Labute approximate surface area is 114 Å². The Morgan fingerprint density at radius 1 is 1.21 bits per heavy atom. The Morgan fingerprint density at radius 3 is 2.58 bits per heavy atom. The maximum atomic E-state index is 11.4. The molecule has 1 aromatic carbocycles. The van der Waals surface area contributed by atoms with Gasteiger partial charge in [0.25, 0.3) is 0 Å². The zero-order valence-corrected chi connectivity index (χ0v) is 11.5. The van der Waals surface area contributed by atoms with Gasteiger partial charge in [-0.05, 0) is 11.6 Å². The van der Waals surface area contributed by atoms with Gasteiger partial charge in [-0.25, -0.2) is 8.42 Å². The van der Waals surface area contributed by atoms with Gasteiger partial charge in [0, 0.05) is 25.2 Å². The van der Waals surface area contributed by atoms with Crippen molar-refractivity contribution in [1.29, 1.82) is 0 Å². The van der Waals surface area contributed by atoms with Crippen LogP contribution >= 0.6 is 0 Å². The molecular weight excluding hydrogens is 262 g/mol. The highest BCUT2D eigenvalue weighted by molar-refractivity contribution is 7.91. The molecule has 0 unspecified atom stereocenters. The van der Waals surface area contributed by atoms with E-state index in [1.54, 1.807) is 0 Å². The smallest absolute Gasteiger partial charge is 0.152 e. The average molecular weight is 279 g/mol. The fourth-order valence-corrected chi connectivity index (χ4v) is 3.34. The largest absolute Gasteiger partial charge is 0.384 e. The highest BCUT2D eigenvalue weighted by Gasteiger charge is 2.21. The quantitative estimate of drug-likeness (QED) is 0.789. The standard InChI is InChI=1S/C14H17NO3S/c16-9-3-6-13-4-1-2-5-14(13)12-15-7-10-19(17,18)11-8-15/h1-2,4-5,16H,7-12H2. The molecule has 0 amide bonds. The van der Waals surface area contributed by atoms with Crippen LogP contribution < -0.4 is 0 Å². The van der Waals surface area contributed by atoms with Gasteiger partial charge in [0.1, 0.15) is 6.61 Å². The van der Waals surface area contributed by atoms with E-state index in [2.05, 4.69) is 16.7 Å². The monoisotopic (exact) mass is 279 g/mol. The molecule has 0 aliphatic carbocycles. The van der Waals surface area contributed by atoms with Gasteiger partial charge in [0.2, 0.25) is 0 Å². The van der Waals surface area contributed by atoms with Crippen molar-refractivity contribution in [1.82, 2.24) is 4.90 Å². The van der Waals surface area contributed by atoms with Crippen molar-refractivity contribution in [2.75, 3.05) is 31.2 Å². The molecular formula is C14H17NO3S. The SMILES string of the molecule is O=S1(=O)CCN(Cc2ccccc2C#CCO)CC1. The number of hydrogen-bond acceptors (Lipinski definition) is 4. The van der Waals surface area contributed by atoms with E-state index in [0.29, 0.717) is 19.6 Å². The Kier molecular flexibility index (Phi) is 4.59. The lowest BCUT2D eigenvalue weighted by Gasteiger charge is -2.26. The van der Waals surface area contributed by atoms with E-state index in [-0.39, 0.29) is 18.1 Å². The molecule has 102 valence electrons. The van der Waals surface area contributed by atoms with Crippen LogP contribution in [0.15, 0.2) is 24.3 Å². The summed E-state index contributed by atoms with van der Waals surface area (Å²) in [7, 11) is -2.83. The van der Waals surface area contributed by atoms with Crippen molar-refractivity contribution in [3.05, 3.63) is 35.4 Å². The molecule has 19 heavy (non-hydrogen) atoms. The average Bonchev–Trinajstić information content (AvgIpc) is 2.40. The predicted octanol–water partition coefficient (Wildman–Crippen LogP) is 0.261. The summed E-state index contributed by atoms with van der Waals surface area (Å²) in [6.45, 7) is 1.69. The summed E-state index contributed by atoms with van der Waals surface area (Å²) >= 11 is 0. The van der Waals surface area contributed by atoms with Crippen LogP contribution in [0.5, 0.6) is 0 Å². The Balaban J connectivity index is 2.07. The molecule has 1 aliphatic heterocycles. The molecule has 1 saturated heterocycles. The number of aliphatic hydroxyl groups excluding tert-OH is 1. The van der Waals surface area contributed by atoms with Gasteiger partial charge in [-0.2, -0.15) is 0 Å². The van der Waals surface area contributed by atoms with E-state index in [4.69, 9.17) is 5.11 Å². The van der Waals surface area contributed by atoms with Gasteiger partial charge < -0.3 is 5.11 Å². The van der Waals surface area contributed by atoms with Crippen LogP contribution in [0, 0.1) is 11.8 Å². The molecule has 1 N–H and O–H groups in total. The molecule has 0 atom stereocenters. The number of nitrogens with zero attached hydrogens (tertiary/aromatic N) is 1. The number of sulfone groups is 1. The van der Waals surface area contributed by atoms with Crippen molar-refractivity contribution in [3.8, 4) is 11.8 Å². The highest BCUT2D eigenvalue weighted by Crippen LogP contribution is 2.13. The zero-order chi connectivity index (χ0) is 13.7. The molecule has 1 aromatic rings. The molecule has 4 nitrogen and oxygen atoms in total. The summed E-state index contributed by atoms with van der Waals surface area (Å²) in [6, 6.07) is 7.76. The number of hydrogen-bond donors (Lipinski definition) is 1. The second kappa shape index (κ2) is 6.20. The van der Waals surface area contributed by atoms with Crippen LogP contribution in [-0.2, 0) is 16.4 Å². The molecule has 1 aliphatic rings. The molecule has 1 heterocycles. The van der Waals surface area contributed by atoms with Crippen molar-refractivity contribution in [3.63, 3.8) is 0 Å². The number of benzene rings is 1.